The number of carbonyl (C=O) groups excluding carboxylic acids is 1. The first-order valence-corrected chi connectivity index (χ1v) is 8.77. The molecule has 7 heteroatoms. The van der Waals surface area contributed by atoms with Crippen molar-refractivity contribution in [2.24, 2.45) is 0 Å². The van der Waals surface area contributed by atoms with Gasteiger partial charge in [-0.05, 0) is 50.2 Å². The van der Waals surface area contributed by atoms with Gasteiger partial charge in [-0.25, -0.2) is 13.2 Å². The zero-order chi connectivity index (χ0) is 18.7. The van der Waals surface area contributed by atoms with Gasteiger partial charge in [0.05, 0.1) is 11.6 Å². The van der Waals surface area contributed by atoms with Crippen LogP contribution < -0.4 is 5.32 Å². The van der Waals surface area contributed by atoms with E-state index in [1.807, 2.05) is 4.90 Å². The molecule has 0 spiro atoms. The number of likely N-dealkylation sites (tertiary alicyclic amines) is 1. The Kier molecular flexibility index (Phi) is 5.84. The average molecular weight is 383 g/mol. The maximum absolute atomic E-state index is 14.4. The van der Waals surface area contributed by atoms with Crippen molar-refractivity contribution < 1.29 is 18.0 Å². The van der Waals surface area contributed by atoms with E-state index in [9.17, 15) is 18.0 Å². The van der Waals surface area contributed by atoms with Gasteiger partial charge in [-0.2, -0.15) is 0 Å². The highest BCUT2D eigenvalue weighted by atomic mass is 35.5. The molecule has 1 fully saturated rings. The van der Waals surface area contributed by atoms with Gasteiger partial charge in [0.2, 0.25) is 0 Å². The fourth-order valence-electron chi connectivity index (χ4n) is 3.26. The van der Waals surface area contributed by atoms with Gasteiger partial charge >= 0.3 is 0 Å². The maximum Gasteiger partial charge on any atom is 0.254 e. The first kappa shape index (κ1) is 18.7. The summed E-state index contributed by atoms with van der Waals surface area (Å²) in [6.45, 7) is 1.54. The Morgan fingerprint density at radius 1 is 1.08 bits per heavy atom. The summed E-state index contributed by atoms with van der Waals surface area (Å²) in [7, 11) is 0. The van der Waals surface area contributed by atoms with E-state index in [-0.39, 0.29) is 17.1 Å². The molecule has 138 valence electrons. The Hall–Kier alpha value is -2.05. The van der Waals surface area contributed by atoms with Crippen LogP contribution in [0.1, 0.15) is 34.8 Å². The van der Waals surface area contributed by atoms with Crippen LogP contribution in [0.2, 0.25) is 5.02 Å². The standard InChI is InChI=1S/C19H18ClF3N2O/c20-13-6-4-7-14(21)17(13)16(25-9-1-2-10-25)11-24-19(26)12-5-3-8-15(22)18(12)23/h3-8,16H,1-2,9-11H2,(H,24,26). The maximum atomic E-state index is 14.4. The van der Waals surface area contributed by atoms with Gasteiger partial charge in [-0.1, -0.05) is 23.7 Å². The summed E-state index contributed by atoms with van der Waals surface area (Å²) >= 11 is 6.19. The van der Waals surface area contributed by atoms with Gasteiger partial charge in [-0.15, -0.1) is 0 Å². The highest BCUT2D eigenvalue weighted by Crippen LogP contribution is 2.32. The van der Waals surface area contributed by atoms with Crippen molar-refractivity contribution in [1.29, 1.82) is 0 Å². The second-order valence-corrected chi connectivity index (χ2v) is 6.61. The minimum absolute atomic E-state index is 0.0371. The molecule has 2 aromatic rings. The van der Waals surface area contributed by atoms with Crippen LogP contribution in [0, 0.1) is 17.5 Å². The minimum atomic E-state index is -1.20. The summed E-state index contributed by atoms with van der Waals surface area (Å²) < 4.78 is 41.5. The van der Waals surface area contributed by atoms with Gasteiger partial charge in [0, 0.05) is 17.1 Å². The Labute approximate surface area is 154 Å². The van der Waals surface area contributed by atoms with Crippen LogP contribution in [-0.2, 0) is 0 Å². The quantitative estimate of drug-likeness (QED) is 0.835. The fraction of sp³-hybridized carbons (Fsp3) is 0.316. The van der Waals surface area contributed by atoms with Gasteiger partial charge in [0.25, 0.3) is 5.91 Å². The molecule has 1 aliphatic rings. The molecule has 0 saturated carbocycles. The lowest BCUT2D eigenvalue weighted by molar-refractivity contribution is 0.0932. The first-order chi connectivity index (χ1) is 12.5. The van der Waals surface area contributed by atoms with Crippen molar-refractivity contribution >= 4 is 17.5 Å². The third kappa shape index (κ3) is 3.86. The molecule has 2 aromatic carbocycles. The Morgan fingerprint density at radius 3 is 2.42 bits per heavy atom. The lowest BCUT2D eigenvalue weighted by Crippen LogP contribution is -2.37. The largest absolute Gasteiger partial charge is 0.350 e. The molecule has 1 saturated heterocycles. The molecule has 0 aliphatic carbocycles. The van der Waals surface area contributed by atoms with Crippen LogP contribution in [-0.4, -0.2) is 30.4 Å². The fourth-order valence-corrected chi connectivity index (χ4v) is 3.55. The van der Waals surface area contributed by atoms with Gasteiger partial charge in [0.1, 0.15) is 5.82 Å². The second-order valence-electron chi connectivity index (χ2n) is 6.21. The topological polar surface area (TPSA) is 32.3 Å². The summed E-state index contributed by atoms with van der Waals surface area (Å²) in [5.74, 6) is -3.50. The van der Waals surface area contributed by atoms with Crippen molar-refractivity contribution in [1.82, 2.24) is 10.2 Å². The lowest BCUT2D eigenvalue weighted by Gasteiger charge is -2.29. The Balaban J connectivity index is 1.83. The molecule has 1 N–H and O–H groups in total. The minimum Gasteiger partial charge on any atom is -0.350 e. The predicted molar refractivity (Wildman–Crippen MR) is 93.6 cm³/mol. The second kappa shape index (κ2) is 8.10. The molecule has 3 nitrogen and oxygen atoms in total. The van der Waals surface area contributed by atoms with Gasteiger partial charge in [0.15, 0.2) is 11.6 Å². The van der Waals surface area contributed by atoms with Crippen molar-refractivity contribution in [3.63, 3.8) is 0 Å². The third-order valence-electron chi connectivity index (χ3n) is 4.57. The molecule has 1 atom stereocenters. The molecule has 1 unspecified atom stereocenters. The normalized spacial score (nSPS) is 15.8. The van der Waals surface area contributed by atoms with Crippen LogP contribution in [0.25, 0.3) is 0 Å². The number of carbonyl (C=O) groups is 1. The smallest absolute Gasteiger partial charge is 0.254 e. The Morgan fingerprint density at radius 2 is 1.73 bits per heavy atom. The molecular formula is C19H18ClF3N2O. The molecule has 26 heavy (non-hydrogen) atoms. The third-order valence-corrected chi connectivity index (χ3v) is 4.90. The van der Waals surface area contributed by atoms with E-state index < -0.39 is 29.4 Å². The summed E-state index contributed by atoms with van der Waals surface area (Å²) in [4.78, 5) is 14.3. The van der Waals surface area contributed by atoms with E-state index in [4.69, 9.17) is 11.6 Å². The van der Waals surface area contributed by atoms with Crippen LogP contribution in [0.15, 0.2) is 36.4 Å². The SMILES string of the molecule is O=C(NCC(c1c(F)cccc1Cl)N1CCCC1)c1cccc(F)c1F. The molecule has 0 radical (unpaired) electrons. The van der Waals surface area contributed by atoms with E-state index in [2.05, 4.69) is 5.32 Å². The van der Waals surface area contributed by atoms with Crippen molar-refractivity contribution in [3.05, 3.63) is 70.0 Å². The van der Waals surface area contributed by atoms with Crippen LogP contribution in [0.3, 0.4) is 0 Å². The summed E-state index contributed by atoms with van der Waals surface area (Å²) in [5.41, 5.74) is -0.0825. The number of hydrogen-bond donors (Lipinski definition) is 1. The number of rotatable bonds is 5. The van der Waals surface area contributed by atoms with Crippen molar-refractivity contribution in [3.8, 4) is 0 Å². The molecular weight excluding hydrogens is 365 g/mol. The van der Waals surface area contributed by atoms with Crippen molar-refractivity contribution in [2.75, 3.05) is 19.6 Å². The highest BCUT2D eigenvalue weighted by Gasteiger charge is 2.28. The lowest BCUT2D eigenvalue weighted by atomic mass is 10.0. The molecule has 0 aromatic heterocycles. The molecule has 3 rings (SSSR count). The molecule has 1 aliphatic heterocycles. The summed E-state index contributed by atoms with van der Waals surface area (Å²) in [5, 5.41) is 2.86. The molecule has 1 heterocycles. The van der Waals surface area contributed by atoms with Crippen LogP contribution >= 0.6 is 11.6 Å². The summed E-state index contributed by atoms with van der Waals surface area (Å²) in [6, 6.07) is 7.36. The number of nitrogens with zero attached hydrogens (tertiary/aromatic N) is 1. The zero-order valence-electron chi connectivity index (χ0n) is 13.9. The van der Waals surface area contributed by atoms with E-state index in [0.717, 1.165) is 32.0 Å². The first-order valence-electron chi connectivity index (χ1n) is 8.39. The highest BCUT2D eigenvalue weighted by molar-refractivity contribution is 6.31. The summed E-state index contributed by atoms with van der Waals surface area (Å²) in [6.07, 6.45) is 1.93. The monoisotopic (exact) mass is 382 g/mol. The van der Waals surface area contributed by atoms with E-state index in [1.165, 1.54) is 24.3 Å². The van der Waals surface area contributed by atoms with E-state index in [0.29, 0.717) is 5.56 Å². The average Bonchev–Trinajstić information content (AvgIpc) is 3.14. The van der Waals surface area contributed by atoms with Gasteiger partial charge in [-0.3, -0.25) is 9.69 Å². The molecule has 1 amide bonds. The number of nitrogens with one attached hydrogen (secondary N) is 1. The molecule has 0 bridgehead atoms. The van der Waals surface area contributed by atoms with Crippen LogP contribution in [0.5, 0.6) is 0 Å². The zero-order valence-corrected chi connectivity index (χ0v) is 14.7. The van der Waals surface area contributed by atoms with Crippen LogP contribution in [0.4, 0.5) is 13.2 Å². The number of hydrogen-bond acceptors (Lipinski definition) is 2. The predicted octanol–water partition coefficient (Wildman–Crippen LogP) is 4.32. The van der Waals surface area contributed by atoms with Crippen molar-refractivity contribution in [2.45, 2.75) is 18.9 Å². The van der Waals surface area contributed by atoms with E-state index >= 15 is 0 Å². The van der Waals surface area contributed by atoms with Gasteiger partial charge < -0.3 is 5.32 Å². The van der Waals surface area contributed by atoms with E-state index in [1.54, 1.807) is 6.07 Å². The number of benzene rings is 2. The number of halogens is 4. The number of amides is 1. The Bertz CT molecular complexity index is 789.